The molecule has 4 nitrogen and oxygen atoms in total. The van der Waals surface area contributed by atoms with Crippen LogP contribution in [0.1, 0.15) is 73.1 Å². The van der Waals surface area contributed by atoms with Gasteiger partial charge in [0, 0.05) is 29.1 Å². The van der Waals surface area contributed by atoms with E-state index in [1.54, 1.807) is 23.9 Å². The lowest BCUT2D eigenvalue weighted by Crippen LogP contribution is -2.69. The zero-order valence-electron chi connectivity index (χ0n) is 20.9. The highest BCUT2D eigenvalue weighted by Gasteiger charge is 2.78. The van der Waals surface area contributed by atoms with Crippen LogP contribution >= 0.6 is 11.8 Å². The number of rotatable bonds is 4. The molecule has 0 aromatic heterocycles. The van der Waals surface area contributed by atoms with Gasteiger partial charge >= 0.3 is 0 Å². The van der Waals surface area contributed by atoms with Gasteiger partial charge in [0.05, 0.1) is 11.0 Å². The first-order valence-electron chi connectivity index (χ1n) is 12.9. The molecule has 0 amide bonds. The van der Waals surface area contributed by atoms with E-state index in [1.165, 1.54) is 6.08 Å². The first-order valence-corrected chi connectivity index (χ1v) is 13.9. The summed E-state index contributed by atoms with van der Waals surface area (Å²) in [6.07, 6.45) is 7.13. The van der Waals surface area contributed by atoms with Crippen molar-refractivity contribution in [2.45, 2.75) is 90.5 Å². The second kappa shape index (κ2) is 7.80. The number of carbonyl (C=O) groups is 2. The molecule has 34 heavy (non-hydrogen) atoms. The van der Waals surface area contributed by atoms with Crippen molar-refractivity contribution in [2.24, 2.45) is 28.6 Å². The van der Waals surface area contributed by atoms with E-state index in [-0.39, 0.29) is 29.8 Å². The van der Waals surface area contributed by atoms with Gasteiger partial charge in [-0.3, -0.25) is 9.59 Å². The first-order chi connectivity index (χ1) is 16.0. The highest BCUT2D eigenvalue weighted by molar-refractivity contribution is 8.04. The van der Waals surface area contributed by atoms with Crippen LogP contribution < -0.4 is 0 Å². The molecule has 1 unspecified atom stereocenters. The van der Waals surface area contributed by atoms with Gasteiger partial charge in [0.1, 0.15) is 5.76 Å². The Labute approximate surface area is 206 Å². The summed E-state index contributed by atoms with van der Waals surface area (Å²) in [5, 5.41) is 11.6. The summed E-state index contributed by atoms with van der Waals surface area (Å²) in [5.74, 6) is 0.951. The second-order valence-corrected chi connectivity index (χ2v) is 12.8. The predicted molar refractivity (Wildman–Crippen MR) is 132 cm³/mol. The third-order valence-corrected chi connectivity index (χ3v) is 11.0. The summed E-state index contributed by atoms with van der Waals surface area (Å²) in [6.45, 7) is 10.1. The van der Waals surface area contributed by atoms with Crippen molar-refractivity contribution in [1.82, 2.24) is 0 Å². The number of Topliss-reactive ketones (excluding diaryl/α,β-unsaturated/α-hetero) is 1. The Balaban J connectivity index is 1.59. The lowest BCUT2D eigenvalue weighted by Gasteiger charge is -2.62. The maximum atomic E-state index is 17.4. The van der Waals surface area contributed by atoms with Gasteiger partial charge in [0.25, 0.3) is 0 Å². The van der Waals surface area contributed by atoms with Crippen LogP contribution in [0.25, 0.3) is 0 Å². The van der Waals surface area contributed by atoms with Gasteiger partial charge in [-0.2, -0.15) is 0 Å². The standard InChI is InChI=1S/C28H37FO4S/c1-6-8-21-23(34-7-2)24(32)28(33-21)16(3)13-20-19-10-9-17-14-18(30)11-12-25(17,4)27(19,29)22(31)15-26(20,28)5/h11-12,14,16,19-20,22,31H,6-10,13,15H2,1-5H3/t16-,19-,20-,22-,25-,26-,27-,28?/m0/s1. The van der Waals surface area contributed by atoms with E-state index < -0.39 is 34.1 Å². The summed E-state index contributed by atoms with van der Waals surface area (Å²) < 4.78 is 24.1. The number of hydrogen-bond acceptors (Lipinski definition) is 5. The summed E-state index contributed by atoms with van der Waals surface area (Å²) in [4.78, 5) is 26.9. The van der Waals surface area contributed by atoms with Crippen molar-refractivity contribution in [3.63, 3.8) is 0 Å². The Morgan fingerprint density at radius 1 is 1.24 bits per heavy atom. The van der Waals surface area contributed by atoms with E-state index in [0.717, 1.165) is 28.4 Å². The van der Waals surface area contributed by atoms with Gasteiger partial charge < -0.3 is 9.84 Å². The third kappa shape index (κ3) is 2.70. The molecule has 3 saturated carbocycles. The van der Waals surface area contributed by atoms with Crippen molar-refractivity contribution in [1.29, 1.82) is 0 Å². The van der Waals surface area contributed by atoms with Crippen LogP contribution in [0.3, 0.4) is 0 Å². The molecule has 4 aliphatic carbocycles. The van der Waals surface area contributed by atoms with Crippen molar-refractivity contribution in [2.75, 3.05) is 5.75 Å². The van der Waals surface area contributed by atoms with Crippen LogP contribution in [-0.4, -0.2) is 39.8 Å². The SMILES string of the molecule is CCCC1=C(SCC)C(=O)C2(O1)[C@@H](C)C[C@H]1[C@@H]3CCC4=CC(=O)C=C[C@]4(C)[C@@]3(F)[C@@H](O)C[C@@]12C. The first kappa shape index (κ1) is 24.3. The van der Waals surface area contributed by atoms with Crippen LogP contribution in [0.15, 0.2) is 34.5 Å². The molecule has 6 heteroatoms. The highest BCUT2D eigenvalue weighted by Crippen LogP contribution is 2.73. The smallest absolute Gasteiger partial charge is 0.216 e. The second-order valence-electron chi connectivity index (χ2n) is 11.5. The summed E-state index contributed by atoms with van der Waals surface area (Å²) in [7, 11) is 0. The van der Waals surface area contributed by atoms with Crippen LogP contribution in [0, 0.1) is 28.6 Å². The molecule has 0 bridgehead atoms. The molecule has 5 aliphatic rings. The Bertz CT molecular complexity index is 1030. The number of hydrogen-bond donors (Lipinski definition) is 1. The number of allylic oxidation sites excluding steroid dienone is 5. The van der Waals surface area contributed by atoms with Gasteiger partial charge in [-0.1, -0.05) is 39.3 Å². The van der Waals surface area contributed by atoms with Gasteiger partial charge in [-0.05, 0) is 62.9 Å². The van der Waals surface area contributed by atoms with Gasteiger partial charge in [0.15, 0.2) is 17.1 Å². The fourth-order valence-electron chi connectivity index (χ4n) is 8.50. The molecule has 1 heterocycles. The van der Waals surface area contributed by atoms with Gasteiger partial charge in [-0.15, -0.1) is 11.8 Å². The van der Waals surface area contributed by atoms with Gasteiger partial charge in [-0.25, -0.2) is 4.39 Å². The Hall–Kier alpha value is -1.40. The molecule has 3 fully saturated rings. The molecular formula is C28H37FO4S. The predicted octanol–water partition coefficient (Wildman–Crippen LogP) is 5.71. The quantitative estimate of drug-likeness (QED) is 0.549. The van der Waals surface area contributed by atoms with Crippen molar-refractivity contribution >= 4 is 23.3 Å². The number of ether oxygens (including phenoxy) is 1. The van der Waals surface area contributed by atoms with E-state index in [0.29, 0.717) is 25.7 Å². The summed E-state index contributed by atoms with van der Waals surface area (Å²) in [5.41, 5.74) is -3.82. The molecule has 186 valence electrons. The molecule has 8 atom stereocenters. The van der Waals surface area contributed by atoms with E-state index in [9.17, 15) is 14.7 Å². The van der Waals surface area contributed by atoms with E-state index in [2.05, 4.69) is 20.8 Å². The highest BCUT2D eigenvalue weighted by atomic mass is 32.2. The number of aliphatic hydroxyl groups excluding tert-OH is 1. The van der Waals surface area contributed by atoms with Crippen LogP contribution in [0.4, 0.5) is 4.39 Å². The molecule has 1 spiro atoms. The topological polar surface area (TPSA) is 63.6 Å². The maximum absolute atomic E-state index is 17.4. The zero-order chi connectivity index (χ0) is 24.7. The number of carbonyl (C=O) groups excluding carboxylic acids is 2. The molecule has 5 rings (SSSR count). The molecular weight excluding hydrogens is 451 g/mol. The van der Waals surface area contributed by atoms with Crippen LogP contribution in [-0.2, 0) is 14.3 Å². The average molecular weight is 489 g/mol. The van der Waals surface area contributed by atoms with E-state index in [4.69, 9.17) is 4.74 Å². The third-order valence-electron chi connectivity index (χ3n) is 10.0. The van der Waals surface area contributed by atoms with E-state index >= 15 is 4.39 Å². The zero-order valence-corrected chi connectivity index (χ0v) is 21.8. The number of alkyl halides is 1. The minimum Gasteiger partial charge on any atom is -0.481 e. The molecule has 0 aromatic carbocycles. The number of halogens is 1. The minimum absolute atomic E-state index is 0.0459. The van der Waals surface area contributed by atoms with Crippen LogP contribution in [0.2, 0.25) is 0 Å². The summed E-state index contributed by atoms with van der Waals surface area (Å²) in [6, 6.07) is 0. The number of fused-ring (bicyclic) bond motifs is 6. The monoisotopic (exact) mass is 488 g/mol. The average Bonchev–Trinajstić information content (AvgIpc) is 3.18. The number of ketones is 2. The number of aliphatic hydroxyl groups is 1. The lowest BCUT2D eigenvalue weighted by molar-refractivity contribution is -0.218. The Morgan fingerprint density at radius 2 is 1.97 bits per heavy atom. The van der Waals surface area contributed by atoms with Crippen molar-refractivity contribution in [3.8, 4) is 0 Å². The maximum Gasteiger partial charge on any atom is 0.216 e. The van der Waals surface area contributed by atoms with Crippen molar-refractivity contribution < 1.29 is 23.8 Å². The number of thioether (sulfide) groups is 1. The Kier molecular flexibility index (Phi) is 5.57. The molecule has 0 saturated heterocycles. The lowest BCUT2D eigenvalue weighted by atomic mass is 9.44. The largest absolute Gasteiger partial charge is 0.481 e. The van der Waals surface area contributed by atoms with Gasteiger partial charge in [0.2, 0.25) is 5.78 Å². The minimum atomic E-state index is -1.88. The molecule has 1 aliphatic heterocycles. The van der Waals surface area contributed by atoms with Crippen LogP contribution in [0.5, 0.6) is 0 Å². The normalized spacial score (nSPS) is 47.4. The van der Waals surface area contributed by atoms with E-state index in [1.807, 2.05) is 13.8 Å². The molecule has 1 N–H and O–H groups in total. The fourth-order valence-corrected chi connectivity index (χ4v) is 9.37. The van der Waals surface area contributed by atoms with Crippen molar-refractivity contribution in [3.05, 3.63) is 34.5 Å². The fraction of sp³-hybridized carbons (Fsp3) is 0.714. The summed E-state index contributed by atoms with van der Waals surface area (Å²) >= 11 is 1.55. The molecule has 0 radical (unpaired) electrons. The Morgan fingerprint density at radius 3 is 2.65 bits per heavy atom. The molecule has 0 aromatic rings.